The number of imide groups is 1. The van der Waals surface area contributed by atoms with Crippen molar-refractivity contribution in [1.29, 1.82) is 0 Å². The third-order valence-corrected chi connectivity index (χ3v) is 8.01. The zero-order chi connectivity index (χ0) is 24.2. The molecular formula is C27H36N4O4. The van der Waals surface area contributed by atoms with Crippen LogP contribution < -0.4 is 4.90 Å². The zero-order valence-corrected chi connectivity index (χ0v) is 20.4. The Hall–Kier alpha value is -2.74. The van der Waals surface area contributed by atoms with E-state index < -0.39 is 6.10 Å². The van der Waals surface area contributed by atoms with Gasteiger partial charge in [-0.25, -0.2) is 4.98 Å². The van der Waals surface area contributed by atoms with Gasteiger partial charge in [-0.05, 0) is 37.8 Å². The molecule has 0 radical (unpaired) electrons. The van der Waals surface area contributed by atoms with Crippen LogP contribution in [-0.4, -0.2) is 77.9 Å². The quantitative estimate of drug-likeness (QED) is 0.337. The number of aromatic nitrogens is 1. The Morgan fingerprint density at radius 2 is 1.63 bits per heavy atom. The van der Waals surface area contributed by atoms with E-state index in [1.54, 1.807) is 6.20 Å². The summed E-state index contributed by atoms with van der Waals surface area (Å²) in [6.45, 7) is 3.97. The van der Waals surface area contributed by atoms with Gasteiger partial charge >= 0.3 is 5.97 Å². The monoisotopic (exact) mass is 480 g/mol. The average molecular weight is 481 g/mol. The van der Waals surface area contributed by atoms with Crippen LogP contribution in [0.4, 0.5) is 5.82 Å². The summed E-state index contributed by atoms with van der Waals surface area (Å²) < 4.78 is 6.05. The number of ether oxygens (including phenoxy) is 1. The van der Waals surface area contributed by atoms with Gasteiger partial charge in [-0.1, -0.05) is 37.5 Å². The summed E-state index contributed by atoms with van der Waals surface area (Å²) in [6, 6.07) is 5.92. The van der Waals surface area contributed by atoms with Gasteiger partial charge in [-0.2, -0.15) is 0 Å². The molecule has 1 aromatic rings. The van der Waals surface area contributed by atoms with Gasteiger partial charge in [-0.3, -0.25) is 24.2 Å². The number of carbonyl (C=O) groups excluding carboxylic acids is 3. The molecule has 0 aromatic carbocycles. The Balaban J connectivity index is 1.24. The first-order chi connectivity index (χ1) is 17.1. The lowest BCUT2D eigenvalue weighted by Crippen LogP contribution is -2.52. The van der Waals surface area contributed by atoms with Gasteiger partial charge in [0.25, 0.3) is 0 Å². The molecule has 2 saturated heterocycles. The molecule has 3 heterocycles. The summed E-state index contributed by atoms with van der Waals surface area (Å²) in [6.07, 6.45) is 11.5. The number of pyridine rings is 1. The number of carbonyl (C=O) groups is 3. The summed E-state index contributed by atoms with van der Waals surface area (Å²) in [5.74, 6) is 0.000199. The number of hydrogen-bond acceptors (Lipinski definition) is 7. The summed E-state index contributed by atoms with van der Waals surface area (Å²) in [4.78, 5) is 49.5. The van der Waals surface area contributed by atoms with Crippen molar-refractivity contribution in [3.63, 3.8) is 0 Å². The lowest BCUT2D eigenvalue weighted by molar-refractivity contribution is -0.160. The maximum Gasteiger partial charge on any atom is 0.309 e. The highest BCUT2D eigenvalue weighted by molar-refractivity contribution is 6.05. The molecule has 8 nitrogen and oxygen atoms in total. The fourth-order valence-corrected chi connectivity index (χ4v) is 5.97. The van der Waals surface area contributed by atoms with E-state index in [0.717, 1.165) is 57.7 Å². The highest BCUT2D eigenvalue weighted by Gasteiger charge is 2.48. The summed E-state index contributed by atoms with van der Waals surface area (Å²) in [5.41, 5.74) is 0. The molecule has 0 bridgehead atoms. The van der Waals surface area contributed by atoms with Crippen LogP contribution in [0.15, 0.2) is 36.5 Å². The van der Waals surface area contributed by atoms with Crippen LogP contribution in [0.1, 0.15) is 44.9 Å². The SMILES string of the molecule is O=C(OC(CN1CCN(c2ccccn2)CC1)CN1C(=O)[C@H]2CC=CC[C@H]2C1=O)C1CCCCC1. The molecule has 8 heteroatoms. The molecule has 2 amide bonds. The van der Waals surface area contributed by atoms with Crippen molar-refractivity contribution < 1.29 is 19.1 Å². The molecule has 0 spiro atoms. The van der Waals surface area contributed by atoms with Crippen molar-refractivity contribution in [2.45, 2.75) is 51.0 Å². The van der Waals surface area contributed by atoms with Crippen LogP contribution in [0.2, 0.25) is 0 Å². The second-order valence-electron chi connectivity index (χ2n) is 10.3. The molecular weight excluding hydrogens is 444 g/mol. The summed E-state index contributed by atoms with van der Waals surface area (Å²) >= 11 is 0. The zero-order valence-electron chi connectivity index (χ0n) is 20.4. The molecule has 1 aromatic heterocycles. The second kappa shape index (κ2) is 10.9. The van der Waals surface area contributed by atoms with Crippen molar-refractivity contribution in [2.75, 3.05) is 44.2 Å². The van der Waals surface area contributed by atoms with Crippen LogP contribution >= 0.6 is 0 Å². The highest BCUT2D eigenvalue weighted by atomic mass is 16.5. The van der Waals surface area contributed by atoms with Crippen molar-refractivity contribution >= 4 is 23.6 Å². The first kappa shape index (κ1) is 24.0. The number of amides is 2. The molecule has 35 heavy (non-hydrogen) atoms. The van der Waals surface area contributed by atoms with Gasteiger partial charge in [-0.15, -0.1) is 0 Å². The van der Waals surface area contributed by atoms with Gasteiger partial charge in [0.1, 0.15) is 11.9 Å². The van der Waals surface area contributed by atoms with E-state index >= 15 is 0 Å². The largest absolute Gasteiger partial charge is 0.459 e. The maximum absolute atomic E-state index is 13.1. The van der Waals surface area contributed by atoms with E-state index in [2.05, 4.69) is 14.8 Å². The number of likely N-dealkylation sites (tertiary alicyclic amines) is 1. The molecule has 2 aliphatic carbocycles. The number of nitrogens with zero attached hydrogens (tertiary/aromatic N) is 4. The van der Waals surface area contributed by atoms with Gasteiger partial charge in [0.2, 0.25) is 11.8 Å². The fraction of sp³-hybridized carbons (Fsp3) is 0.630. The number of esters is 1. The molecule has 5 rings (SSSR count). The fourth-order valence-electron chi connectivity index (χ4n) is 5.97. The molecule has 2 aliphatic heterocycles. The van der Waals surface area contributed by atoms with Crippen LogP contribution in [0.25, 0.3) is 0 Å². The van der Waals surface area contributed by atoms with Gasteiger partial charge < -0.3 is 9.64 Å². The second-order valence-corrected chi connectivity index (χ2v) is 10.3. The van der Waals surface area contributed by atoms with Gasteiger partial charge in [0, 0.05) is 38.9 Å². The number of rotatable bonds is 7. The van der Waals surface area contributed by atoms with Gasteiger partial charge in [0.05, 0.1) is 24.3 Å². The minimum absolute atomic E-state index is 0.0657. The Morgan fingerprint density at radius 3 is 2.26 bits per heavy atom. The lowest BCUT2D eigenvalue weighted by Gasteiger charge is -2.37. The smallest absolute Gasteiger partial charge is 0.309 e. The van der Waals surface area contributed by atoms with Crippen molar-refractivity contribution in [1.82, 2.24) is 14.8 Å². The number of fused-ring (bicyclic) bond motifs is 1. The maximum atomic E-state index is 13.1. The molecule has 1 unspecified atom stereocenters. The summed E-state index contributed by atoms with van der Waals surface area (Å²) in [5, 5.41) is 0. The standard InChI is InChI=1S/C27H36N4O4/c32-25-22-10-4-5-11-23(22)26(33)31(25)19-21(35-27(34)20-8-2-1-3-9-20)18-29-14-16-30(17-15-29)24-12-6-7-13-28-24/h4-7,12-13,20-23H,1-3,8-11,14-19H2/t21?,22-,23+. The first-order valence-electron chi connectivity index (χ1n) is 13.2. The third kappa shape index (κ3) is 5.42. The molecule has 0 N–H and O–H groups in total. The van der Waals surface area contributed by atoms with Crippen molar-refractivity contribution in [3.05, 3.63) is 36.5 Å². The van der Waals surface area contributed by atoms with Crippen molar-refractivity contribution in [2.24, 2.45) is 17.8 Å². The average Bonchev–Trinajstić information content (AvgIpc) is 3.15. The number of allylic oxidation sites excluding steroid dienone is 2. The predicted molar refractivity (Wildman–Crippen MR) is 131 cm³/mol. The molecule has 3 fully saturated rings. The van der Waals surface area contributed by atoms with E-state index in [4.69, 9.17) is 4.74 Å². The third-order valence-electron chi connectivity index (χ3n) is 8.01. The molecule has 4 aliphatic rings. The Bertz CT molecular complexity index is 912. The van der Waals surface area contributed by atoms with Crippen LogP contribution in [-0.2, 0) is 19.1 Å². The minimum Gasteiger partial charge on any atom is -0.459 e. The highest BCUT2D eigenvalue weighted by Crippen LogP contribution is 2.35. The first-order valence-corrected chi connectivity index (χ1v) is 13.2. The Labute approximate surface area is 207 Å². The molecule has 188 valence electrons. The minimum atomic E-state index is -0.508. The number of anilines is 1. The Kier molecular flexibility index (Phi) is 7.46. The van der Waals surface area contributed by atoms with Crippen LogP contribution in [0.3, 0.4) is 0 Å². The van der Waals surface area contributed by atoms with E-state index in [-0.39, 0.29) is 42.1 Å². The van der Waals surface area contributed by atoms with E-state index in [9.17, 15) is 14.4 Å². The van der Waals surface area contributed by atoms with E-state index in [0.29, 0.717) is 19.4 Å². The normalized spacial score (nSPS) is 26.6. The van der Waals surface area contributed by atoms with Crippen LogP contribution in [0, 0.1) is 17.8 Å². The summed E-state index contributed by atoms with van der Waals surface area (Å²) in [7, 11) is 0. The topological polar surface area (TPSA) is 83.1 Å². The Morgan fingerprint density at radius 1 is 0.943 bits per heavy atom. The number of hydrogen-bond donors (Lipinski definition) is 0. The van der Waals surface area contributed by atoms with Gasteiger partial charge in [0.15, 0.2) is 0 Å². The van der Waals surface area contributed by atoms with Crippen molar-refractivity contribution in [3.8, 4) is 0 Å². The lowest BCUT2D eigenvalue weighted by atomic mass is 9.85. The molecule has 1 saturated carbocycles. The van der Waals surface area contributed by atoms with Crippen LogP contribution in [0.5, 0.6) is 0 Å². The molecule has 3 atom stereocenters. The predicted octanol–water partition coefficient (Wildman–Crippen LogP) is 2.65. The number of piperazine rings is 1. The van der Waals surface area contributed by atoms with E-state index in [1.165, 1.54) is 11.3 Å². The van der Waals surface area contributed by atoms with E-state index in [1.807, 2.05) is 30.4 Å².